The van der Waals surface area contributed by atoms with Crippen molar-refractivity contribution in [3.63, 3.8) is 0 Å². The van der Waals surface area contributed by atoms with Crippen LogP contribution in [0.25, 0.3) is 11.0 Å². The molecule has 0 amide bonds. The van der Waals surface area contributed by atoms with Gasteiger partial charge in [0.05, 0.1) is 29.7 Å². The van der Waals surface area contributed by atoms with Crippen LogP contribution in [-0.4, -0.2) is 72.0 Å². The van der Waals surface area contributed by atoms with Crippen LogP contribution in [0.1, 0.15) is 28.4 Å². The van der Waals surface area contributed by atoms with Crippen LogP contribution < -0.4 is 4.90 Å². The number of benzene rings is 2. The second-order valence-corrected chi connectivity index (χ2v) is 8.37. The molecule has 3 aromatic rings. The van der Waals surface area contributed by atoms with E-state index in [0.29, 0.717) is 29.2 Å². The van der Waals surface area contributed by atoms with Gasteiger partial charge in [0.1, 0.15) is 0 Å². The lowest BCUT2D eigenvalue weighted by molar-refractivity contribution is 0.0164. The number of anilines is 1. The number of fused-ring (bicyclic) bond motifs is 1. The van der Waals surface area contributed by atoms with E-state index in [9.17, 15) is 18.7 Å². The number of aromatic nitrogens is 2. The average molecular weight is 459 g/mol. The molecule has 0 spiro atoms. The summed E-state index contributed by atoms with van der Waals surface area (Å²) in [6.45, 7) is 5.74. The number of imidazole rings is 1. The molecule has 1 saturated heterocycles. The van der Waals surface area contributed by atoms with Gasteiger partial charge in [0.25, 0.3) is 5.92 Å². The standard InChI is InChI=1S/C24H28F2N4O3/c1-24(25,26)19-6-4-3-5-18(19)16-30-21-8-7-17(22(31)32)15-20(21)27-23(30)29-11-9-28(10-12-29)13-14-33-2/h3-8,15H,9-14,16H2,1-2H3,(H,31,32). The van der Waals surface area contributed by atoms with Crippen molar-refractivity contribution in [1.29, 1.82) is 0 Å². The van der Waals surface area contributed by atoms with Crippen molar-refractivity contribution in [2.45, 2.75) is 19.4 Å². The molecule has 0 aliphatic carbocycles. The van der Waals surface area contributed by atoms with Crippen LogP contribution in [-0.2, 0) is 17.2 Å². The van der Waals surface area contributed by atoms with E-state index < -0.39 is 11.9 Å². The minimum Gasteiger partial charge on any atom is -0.478 e. The zero-order chi connectivity index (χ0) is 23.6. The van der Waals surface area contributed by atoms with Crippen molar-refractivity contribution in [3.8, 4) is 0 Å². The number of ether oxygens (including phenoxy) is 1. The fourth-order valence-corrected chi connectivity index (χ4v) is 4.30. The van der Waals surface area contributed by atoms with Crippen LogP contribution in [0.3, 0.4) is 0 Å². The molecule has 0 unspecified atom stereocenters. The maximum Gasteiger partial charge on any atom is 0.335 e. The lowest BCUT2D eigenvalue weighted by atomic mass is 10.0. The summed E-state index contributed by atoms with van der Waals surface area (Å²) in [5, 5.41) is 9.39. The highest BCUT2D eigenvalue weighted by molar-refractivity contribution is 5.93. The molecule has 1 aliphatic heterocycles. The molecule has 4 rings (SSSR count). The van der Waals surface area contributed by atoms with Crippen molar-refractivity contribution in [1.82, 2.24) is 14.5 Å². The molecule has 9 heteroatoms. The molecule has 0 atom stereocenters. The molecule has 2 heterocycles. The number of rotatable bonds is 8. The van der Waals surface area contributed by atoms with Crippen LogP contribution in [0.4, 0.5) is 14.7 Å². The van der Waals surface area contributed by atoms with Gasteiger partial charge in [-0.3, -0.25) is 4.90 Å². The van der Waals surface area contributed by atoms with Gasteiger partial charge in [-0.2, -0.15) is 0 Å². The van der Waals surface area contributed by atoms with E-state index in [1.54, 1.807) is 31.4 Å². The van der Waals surface area contributed by atoms with E-state index in [4.69, 9.17) is 9.72 Å². The van der Waals surface area contributed by atoms with Gasteiger partial charge in [0.2, 0.25) is 5.95 Å². The lowest BCUT2D eigenvalue weighted by Crippen LogP contribution is -2.48. The number of carbonyl (C=O) groups is 1. The number of hydrogen-bond acceptors (Lipinski definition) is 5. The summed E-state index contributed by atoms with van der Waals surface area (Å²) in [7, 11) is 1.68. The molecule has 33 heavy (non-hydrogen) atoms. The number of carboxylic acids is 1. The summed E-state index contributed by atoms with van der Waals surface area (Å²) < 4.78 is 35.6. The van der Waals surface area contributed by atoms with E-state index in [2.05, 4.69) is 9.80 Å². The quantitative estimate of drug-likeness (QED) is 0.556. The van der Waals surface area contributed by atoms with Crippen LogP contribution in [0.5, 0.6) is 0 Å². The van der Waals surface area contributed by atoms with Crippen molar-refractivity contribution in [2.24, 2.45) is 0 Å². The molecule has 1 N–H and O–H groups in total. The summed E-state index contributed by atoms with van der Waals surface area (Å²) in [4.78, 5) is 20.7. The molecular formula is C24H28F2N4O3. The van der Waals surface area contributed by atoms with Crippen molar-refractivity contribution >= 4 is 23.0 Å². The number of methoxy groups -OCH3 is 1. The Labute approximate surface area is 191 Å². The molecular weight excluding hydrogens is 430 g/mol. The first-order valence-corrected chi connectivity index (χ1v) is 10.9. The third-order valence-electron chi connectivity index (χ3n) is 6.06. The number of nitrogens with zero attached hydrogens (tertiary/aromatic N) is 4. The van der Waals surface area contributed by atoms with Crippen LogP contribution in [0.15, 0.2) is 42.5 Å². The fourth-order valence-electron chi connectivity index (χ4n) is 4.30. The number of piperazine rings is 1. The highest BCUT2D eigenvalue weighted by Gasteiger charge is 2.29. The maximum absolute atomic E-state index is 14.3. The molecule has 2 aromatic carbocycles. The van der Waals surface area contributed by atoms with Gasteiger partial charge in [-0.25, -0.2) is 18.6 Å². The summed E-state index contributed by atoms with van der Waals surface area (Å²) >= 11 is 0. The van der Waals surface area contributed by atoms with E-state index in [0.717, 1.165) is 39.6 Å². The van der Waals surface area contributed by atoms with E-state index in [1.165, 1.54) is 18.2 Å². The minimum absolute atomic E-state index is 0.0238. The minimum atomic E-state index is -2.98. The Morgan fingerprint density at radius 3 is 2.55 bits per heavy atom. The second kappa shape index (κ2) is 9.44. The van der Waals surface area contributed by atoms with E-state index in [1.807, 2.05) is 4.57 Å². The number of aromatic carboxylic acids is 1. The van der Waals surface area contributed by atoms with Gasteiger partial charge >= 0.3 is 5.97 Å². The first-order valence-electron chi connectivity index (χ1n) is 10.9. The van der Waals surface area contributed by atoms with Crippen LogP contribution >= 0.6 is 0 Å². The van der Waals surface area contributed by atoms with Crippen molar-refractivity contribution < 1.29 is 23.4 Å². The summed E-state index contributed by atoms with van der Waals surface area (Å²) in [6.07, 6.45) is 0. The van der Waals surface area contributed by atoms with Crippen molar-refractivity contribution in [2.75, 3.05) is 51.3 Å². The molecule has 1 fully saturated rings. The Balaban J connectivity index is 1.73. The topological polar surface area (TPSA) is 70.8 Å². The Hall–Kier alpha value is -3.04. The Morgan fingerprint density at radius 2 is 1.88 bits per heavy atom. The zero-order valence-corrected chi connectivity index (χ0v) is 18.8. The predicted octanol–water partition coefficient (Wildman–Crippen LogP) is 3.66. The zero-order valence-electron chi connectivity index (χ0n) is 18.8. The van der Waals surface area contributed by atoms with Crippen molar-refractivity contribution in [3.05, 3.63) is 59.2 Å². The molecule has 176 valence electrons. The molecule has 1 aromatic heterocycles. The second-order valence-electron chi connectivity index (χ2n) is 8.37. The molecule has 0 radical (unpaired) electrons. The van der Waals surface area contributed by atoms with Gasteiger partial charge in [0.15, 0.2) is 0 Å². The van der Waals surface area contributed by atoms with Gasteiger partial charge in [-0.15, -0.1) is 0 Å². The summed E-state index contributed by atoms with van der Waals surface area (Å²) in [5.41, 5.74) is 1.87. The van der Waals surface area contributed by atoms with Gasteiger partial charge in [-0.05, 0) is 23.8 Å². The highest BCUT2D eigenvalue weighted by Crippen LogP contribution is 2.32. The average Bonchev–Trinajstić information content (AvgIpc) is 3.15. The maximum atomic E-state index is 14.3. The van der Waals surface area contributed by atoms with Gasteiger partial charge in [0, 0.05) is 52.3 Å². The molecule has 0 bridgehead atoms. The molecule has 0 saturated carbocycles. The lowest BCUT2D eigenvalue weighted by Gasteiger charge is -2.35. The van der Waals surface area contributed by atoms with Crippen LogP contribution in [0, 0.1) is 0 Å². The molecule has 1 aliphatic rings. The third-order valence-corrected chi connectivity index (χ3v) is 6.06. The number of alkyl halides is 2. The third kappa shape index (κ3) is 4.99. The number of halogens is 2. The van der Waals surface area contributed by atoms with Gasteiger partial charge < -0.3 is 19.3 Å². The van der Waals surface area contributed by atoms with E-state index >= 15 is 0 Å². The summed E-state index contributed by atoms with van der Waals surface area (Å²) in [5.74, 6) is -3.35. The fraction of sp³-hybridized carbons (Fsp3) is 0.417. The highest BCUT2D eigenvalue weighted by atomic mass is 19.3. The Kier molecular flexibility index (Phi) is 6.62. The van der Waals surface area contributed by atoms with Gasteiger partial charge in [-0.1, -0.05) is 24.3 Å². The first-order chi connectivity index (χ1) is 15.8. The number of hydrogen-bond donors (Lipinski definition) is 1. The largest absolute Gasteiger partial charge is 0.478 e. The molecule has 7 nitrogen and oxygen atoms in total. The van der Waals surface area contributed by atoms with E-state index in [-0.39, 0.29) is 17.7 Å². The predicted molar refractivity (Wildman–Crippen MR) is 122 cm³/mol. The monoisotopic (exact) mass is 458 g/mol. The first kappa shape index (κ1) is 23.1. The SMILES string of the molecule is COCCN1CCN(c2nc3cc(C(=O)O)ccc3n2Cc2ccccc2C(C)(F)F)CC1. The normalized spacial score (nSPS) is 15.3. The Bertz CT molecular complexity index is 1130. The Morgan fingerprint density at radius 1 is 1.15 bits per heavy atom. The van der Waals surface area contributed by atoms with Crippen LogP contribution in [0.2, 0.25) is 0 Å². The summed E-state index contributed by atoms with van der Waals surface area (Å²) in [6, 6.07) is 11.3. The smallest absolute Gasteiger partial charge is 0.335 e. The number of carboxylic acid groups (broad SMARTS) is 1.